The zero-order chi connectivity index (χ0) is 11.4. The van der Waals surface area contributed by atoms with Gasteiger partial charge in [0.05, 0.1) is 0 Å². The summed E-state index contributed by atoms with van der Waals surface area (Å²) >= 11 is 2.15. The van der Waals surface area contributed by atoms with Crippen LogP contribution in [0.15, 0.2) is 18.2 Å². The largest absolute Gasteiger partial charge is 0.385 e. The van der Waals surface area contributed by atoms with Crippen LogP contribution in [0.5, 0.6) is 0 Å². The lowest BCUT2D eigenvalue weighted by atomic mass is 9.89. The lowest BCUT2D eigenvalue weighted by Gasteiger charge is -2.22. The van der Waals surface area contributed by atoms with E-state index in [2.05, 4.69) is 27.9 Å². The average Bonchev–Trinajstić information content (AvgIpc) is 2.27. The van der Waals surface area contributed by atoms with Crippen molar-refractivity contribution in [2.24, 2.45) is 5.92 Å². The lowest BCUT2D eigenvalue weighted by Crippen LogP contribution is -2.17. The van der Waals surface area contributed by atoms with Crippen LogP contribution >= 0.6 is 22.6 Å². The summed E-state index contributed by atoms with van der Waals surface area (Å²) in [7, 11) is 0. The zero-order valence-corrected chi connectivity index (χ0v) is 11.5. The van der Waals surface area contributed by atoms with E-state index >= 15 is 0 Å². The van der Waals surface area contributed by atoms with E-state index in [0.717, 1.165) is 21.7 Å². The maximum absolute atomic E-state index is 13.1. The highest BCUT2D eigenvalue weighted by atomic mass is 127. The number of hydrogen-bond acceptors (Lipinski definition) is 1. The highest BCUT2D eigenvalue weighted by molar-refractivity contribution is 14.1. The van der Waals surface area contributed by atoms with Crippen molar-refractivity contribution in [2.45, 2.75) is 32.1 Å². The predicted octanol–water partition coefficient (Wildman–Crippen LogP) is 4.42. The first-order valence-corrected chi connectivity index (χ1v) is 7.02. The molecule has 1 nitrogen and oxygen atoms in total. The first-order chi connectivity index (χ1) is 7.74. The van der Waals surface area contributed by atoms with Crippen molar-refractivity contribution in [1.29, 1.82) is 0 Å². The Morgan fingerprint density at radius 3 is 2.62 bits per heavy atom. The molecule has 0 aliphatic heterocycles. The van der Waals surface area contributed by atoms with E-state index in [1.165, 1.54) is 32.1 Å². The fourth-order valence-electron chi connectivity index (χ4n) is 2.31. The quantitative estimate of drug-likeness (QED) is 0.808. The van der Waals surface area contributed by atoms with Gasteiger partial charge in [0.25, 0.3) is 0 Å². The van der Waals surface area contributed by atoms with E-state index in [-0.39, 0.29) is 5.82 Å². The molecule has 16 heavy (non-hydrogen) atoms. The second-order valence-electron chi connectivity index (χ2n) is 4.54. The number of benzene rings is 1. The van der Waals surface area contributed by atoms with Gasteiger partial charge in [0.1, 0.15) is 5.82 Å². The maximum Gasteiger partial charge on any atom is 0.126 e. The van der Waals surface area contributed by atoms with Gasteiger partial charge in [-0.05, 0) is 59.5 Å². The molecule has 0 atom stereocenters. The third-order valence-corrected chi connectivity index (χ3v) is 3.80. The molecule has 1 saturated carbocycles. The molecule has 88 valence electrons. The molecule has 1 aliphatic rings. The molecule has 1 N–H and O–H groups in total. The zero-order valence-electron chi connectivity index (χ0n) is 9.31. The molecule has 3 heteroatoms. The summed E-state index contributed by atoms with van der Waals surface area (Å²) in [5, 5.41) is 3.35. The van der Waals surface area contributed by atoms with E-state index in [1.54, 1.807) is 12.1 Å². The van der Waals surface area contributed by atoms with E-state index in [9.17, 15) is 4.39 Å². The summed E-state index contributed by atoms with van der Waals surface area (Å²) in [5.41, 5.74) is 0.912. The second-order valence-corrected chi connectivity index (χ2v) is 5.79. The molecular weight excluding hydrogens is 316 g/mol. The Hall–Kier alpha value is -0.320. The smallest absolute Gasteiger partial charge is 0.126 e. The summed E-state index contributed by atoms with van der Waals surface area (Å²) in [6.07, 6.45) is 6.73. The number of anilines is 1. The topological polar surface area (TPSA) is 12.0 Å². The Balaban J connectivity index is 1.88. The molecule has 0 spiro atoms. The summed E-state index contributed by atoms with van der Waals surface area (Å²) < 4.78 is 14.1. The normalized spacial score (nSPS) is 17.4. The molecule has 0 heterocycles. The second kappa shape index (κ2) is 5.84. The molecule has 0 amide bonds. The van der Waals surface area contributed by atoms with Gasteiger partial charge in [0.15, 0.2) is 0 Å². The Morgan fingerprint density at radius 2 is 1.94 bits per heavy atom. The van der Waals surface area contributed by atoms with Crippen LogP contribution < -0.4 is 5.32 Å². The average molecular weight is 333 g/mol. The third kappa shape index (κ3) is 3.61. The molecule has 0 radical (unpaired) electrons. The minimum Gasteiger partial charge on any atom is -0.385 e. The van der Waals surface area contributed by atoms with Crippen LogP contribution in [0.4, 0.5) is 10.1 Å². The van der Waals surface area contributed by atoms with Crippen LogP contribution in [0.3, 0.4) is 0 Å². The van der Waals surface area contributed by atoms with Gasteiger partial charge in [-0.15, -0.1) is 0 Å². The van der Waals surface area contributed by atoms with E-state index in [4.69, 9.17) is 0 Å². The van der Waals surface area contributed by atoms with Crippen molar-refractivity contribution in [3.63, 3.8) is 0 Å². The molecule has 2 rings (SSSR count). The summed E-state index contributed by atoms with van der Waals surface area (Å²) in [6, 6.07) is 5.11. The van der Waals surface area contributed by atoms with Crippen molar-refractivity contribution in [3.05, 3.63) is 27.6 Å². The Labute approximate surface area is 110 Å². The molecule has 1 aliphatic carbocycles. The van der Waals surface area contributed by atoms with Crippen molar-refractivity contribution >= 4 is 28.3 Å². The van der Waals surface area contributed by atoms with E-state index in [1.807, 2.05) is 6.07 Å². The van der Waals surface area contributed by atoms with Crippen LogP contribution in [0.2, 0.25) is 0 Å². The van der Waals surface area contributed by atoms with Gasteiger partial charge in [-0.25, -0.2) is 4.39 Å². The molecule has 0 unspecified atom stereocenters. The molecular formula is C13H17FIN. The van der Waals surface area contributed by atoms with Gasteiger partial charge in [-0.2, -0.15) is 0 Å². The van der Waals surface area contributed by atoms with Gasteiger partial charge in [-0.1, -0.05) is 19.3 Å². The molecule has 1 aromatic rings. The highest BCUT2D eigenvalue weighted by Crippen LogP contribution is 2.24. The molecule has 1 aromatic carbocycles. The van der Waals surface area contributed by atoms with E-state index in [0.29, 0.717) is 0 Å². The Bertz CT molecular complexity index is 328. The van der Waals surface area contributed by atoms with Crippen molar-refractivity contribution in [2.75, 3.05) is 11.9 Å². The number of rotatable bonds is 3. The molecule has 1 fully saturated rings. The fraction of sp³-hybridized carbons (Fsp3) is 0.538. The molecule has 0 saturated heterocycles. The van der Waals surface area contributed by atoms with Gasteiger partial charge in [0.2, 0.25) is 0 Å². The first kappa shape index (κ1) is 12.1. The molecule has 0 bridgehead atoms. The van der Waals surface area contributed by atoms with Gasteiger partial charge < -0.3 is 5.32 Å². The summed E-state index contributed by atoms with van der Waals surface area (Å²) in [4.78, 5) is 0. The van der Waals surface area contributed by atoms with E-state index < -0.39 is 0 Å². The summed E-state index contributed by atoms with van der Waals surface area (Å²) in [5.74, 6) is 0.618. The van der Waals surface area contributed by atoms with Crippen molar-refractivity contribution < 1.29 is 4.39 Å². The Morgan fingerprint density at radius 1 is 1.19 bits per heavy atom. The minimum atomic E-state index is -0.155. The van der Waals surface area contributed by atoms with Crippen molar-refractivity contribution in [1.82, 2.24) is 0 Å². The molecule has 0 aromatic heterocycles. The van der Waals surface area contributed by atoms with Crippen LogP contribution in [0.1, 0.15) is 32.1 Å². The predicted molar refractivity (Wildman–Crippen MR) is 74.2 cm³/mol. The summed E-state index contributed by atoms with van der Waals surface area (Å²) in [6.45, 7) is 0.986. The van der Waals surface area contributed by atoms with Gasteiger partial charge >= 0.3 is 0 Å². The highest BCUT2D eigenvalue weighted by Gasteiger charge is 2.12. The fourth-order valence-corrected chi connectivity index (χ4v) is 2.94. The monoisotopic (exact) mass is 333 g/mol. The van der Waals surface area contributed by atoms with Gasteiger partial charge in [-0.3, -0.25) is 0 Å². The maximum atomic E-state index is 13.1. The van der Waals surface area contributed by atoms with Crippen LogP contribution in [-0.2, 0) is 0 Å². The Kier molecular flexibility index (Phi) is 4.44. The van der Waals surface area contributed by atoms with Crippen molar-refractivity contribution in [3.8, 4) is 0 Å². The third-order valence-electron chi connectivity index (χ3n) is 3.18. The SMILES string of the molecule is Fc1cc(I)cc(NCC2CCCCC2)c1. The number of nitrogens with one attached hydrogen (secondary N) is 1. The van der Waals surface area contributed by atoms with Crippen LogP contribution in [0, 0.1) is 15.3 Å². The number of halogens is 2. The van der Waals surface area contributed by atoms with Crippen LogP contribution in [-0.4, -0.2) is 6.54 Å². The first-order valence-electron chi connectivity index (χ1n) is 5.94. The lowest BCUT2D eigenvalue weighted by molar-refractivity contribution is 0.373. The standard InChI is InChI=1S/C13H17FIN/c14-11-6-12(15)8-13(7-11)16-9-10-4-2-1-3-5-10/h6-8,10,16H,1-5,9H2. The number of hydrogen-bond donors (Lipinski definition) is 1. The van der Waals surface area contributed by atoms with Crippen LogP contribution in [0.25, 0.3) is 0 Å². The minimum absolute atomic E-state index is 0.155. The van der Waals surface area contributed by atoms with Gasteiger partial charge in [0, 0.05) is 15.8 Å².